The van der Waals surface area contributed by atoms with Gasteiger partial charge in [-0.15, -0.1) is 0 Å². The molecule has 0 radical (unpaired) electrons. The number of benzene rings is 4. The molecule has 2 aromatic heterocycles. The number of hydrogen-bond donors (Lipinski definition) is 4. The molecule has 12 nitrogen and oxygen atoms in total. The van der Waals surface area contributed by atoms with Crippen LogP contribution in [-0.4, -0.2) is 105 Å². The Bertz CT molecular complexity index is 3060. The average molecular weight is 1040 g/mol. The number of aromatic amines is 2. The normalized spacial score (nSPS) is 19.8. The minimum absolute atomic E-state index is 0.0687. The summed E-state index contributed by atoms with van der Waals surface area (Å²) in [5, 5.41) is 7.43. The van der Waals surface area contributed by atoms with Gasteiger partial charge in [0.15, 0.2) is 0 Å². The zero-order valence-corrected chi connectivity index (χ0v) is 44.1. The van der Waals surface area contributed by atoms with Crippen LogP contribution in [0.2, 0.25) is 0 Å². The number of Topliss-reactive ketones (excluding diaryl/α,β-unsaturated/α-hetero) is 1. The number of hydrogen-bond acceptors (Lipinski definition) is 14. The maximum absolute atomic E-state index is 12.6. The van der Waals surface area contributed by atoms with Gasteiger partial charge in [0.1, 0.15) is 5.78 Å². The molecule has 4 aromatic carbocycles. The Morgan fingerprint density at radius 2 is 0.972 bits per heavy atom. The summed E-state index contributed by atoms with van der Waals surface area (Å²) < 4.78 is 11.0. The Morgan fingerprint density at radius 1 is 0.514 bits per heavy atom. The number of nitrogens with zero attached hydrogens (tertiary/aromatic N) is 3. The van der Waals surface area contributed by atoms with Crippen molar-refractivity contribution < 1.29 is 14.3 Å². The Balaban J connectivity index is 0.000000156. The van der Waals surface area contributed by atoms with Crippen LogP contribution in [0, 0.1) is 0 Å². The van der Waals surface area contributed by atoms with Gasteiger partial charge >= 0.3 is 0 Å². The van der Waals surface area contributed by atoms with Crippen LogP contribution in [0.4, 0.5) is 22.7 Å². The summed E-state index contributed by atoms with van der Waals surface area (Å²) in [5.41, 5.74) is 7.91. The van der Waals surface area contributed by atoms with Crippen LogP contribution in [0.25, 0.3) is 22.5 Å². The maximum atomic E-state index is 12.6. The third kappa shape index (κ3) is 11.3. The fourth-order valence-electron chi connectivity index (χ4n) is 10.5. The topological polar surface area (TPSA) is 135 Å². The second-order valence-electron chi connectivity index (χ2n) is 19.5. The van der Waals surface area contributed by atoms with Gasteiger partial charge in [0, 0.05) is 142 Å². The first kappa shape index (κ1) is 49.2. The molecular formula is C56H61N7O5S4. The molecule has 6 heterocycles. The van der Waals surface area contributed by atoms with E-state index in [9.17, 15) is 14.4 Å². The molecule has 12 rings (SSSR count). The van der Waals surface area contributed by atoms with Gasteiger partial charge in [0.05, 0.1) is 37.8 Å². The number of anilines is 4. The number of rotatable bonds is 9. The molecule has 72 heavy (non-hydrogen) atoms. The van der Waals surface area contributed by atoms with E-state index < -0.39 is 0 Å². The number of nitrogens with one attached hydrogen (secondary N) is 4. The summed E-state index contributed by atoms with van der Waals surface area (Å²) in [4.78, 5) is 59.5. The van der Waals surface area contributed by atoms with Crippen molar-refractivity contribution in [3.63, 3.8) is 0 Å². The molecule has 374 valence electrons. The van der Waals surface area contributed by atoms with E-state index in [1.807, 2.05) is 11.8 Å². The van der Waals surface area contributed by atoms with Crippen molar-refractivity contribution in [2.75, 3.05) is 87.1 Å². The summed E-state index contributed by atoms with van der Waals surface area (Å²) >= 11 is 7.15. The van der Waals surface area contributed by atoms with Crippen LogP contribution in [0.5, 0.6) is 0 Å². The lowest BCUT2D eigenvalue weighted by Gasteiger charge is -2.33. The molecular weight excluding hydrogens is 979 g/mol. The molecule has 2 aliphatic carbocycles. The van der Waals surface area contributed by atoms with Gasteiger partial charge in [-0.1, -0.05) is 71.3 Å². The van der Waals surface area contributed by atoms with Gasteiger partial charge in [-0.2, -0.15) is 0 Å². The molecule has 0 bridgehead atoms. The van der Waals surface area contributed by atoms with Crippen molar-refractivity contribution in [3.05, 3.63) is 118 Å². The van der Waals surface area contributed by atoms with Crippen molar-refractivity contribution in [3.8, 4) is 22.5 Å². The van der Waals surface area contributed by atoms with Gasteiger partial charge < -0.3 is 44.8 Å². The molecule has 4 N–H and O–H groups in total. The molecule has 4 fully saturated rings. The fourth-order valence-corrected chi connectivity index (χ4v) is 15.3. The van der Waals surface area contributed by atoms with Crippen molar-refractivity contribution in [1.29, 1.82) is 0 Å². The van der Waals surface area contributed by atoms with E-state index in [4.69, 9.17) is 9.47 Å². The van der Waals surface area contributed by atoms with Crippen LogP contribution in [-0.2, 0) is 14.3 Å². The van der Waals surface area contributed by atoms with E-state index in [1.54, 1.807) is 47.4 Å². The number of aromatic nitrogens is 2. The minimum Gasteiger partial charge on any atom is -0.382 e. The van der Waals surface area contributed by atoms with Crippen molar-refractivity contribution in [1.82, 2.24) is 14.9 Å². The molecule has 2 saturated heterocycles. The van der Waals surface area contributed by atoms with E-state index in [-0.39, 0.29) is 11.1 Å². The smallest absolute Gasteiger partial charge is 0.250 e. The highest BCUT2D eigenvalue weighted by Crippen LogP contribution is 2.54. The number of carbonyl (C=O) groups is 1. The Labute approximate surface area is 438 Å². The SMILES string of the molecule is CN(C)C1CCC(Nc2ccc3c(c2)Sc2cccc(-c4cc(N5CCOCC5)cc(=O)[nH]4)c2S3)CC1.O=C1CCC(Nc2ccc3c(c2)Sc2cccc(-c4cc(N5CCOCC5)cc(=O)[nH]4)c2S3)CC1. The average Bonchev–Trinajstić information content (AvgIpc) is 3.40. The second-order valence-corrected chi connectivity index (χ2v) is 23.8. The number of pyridine rings is 2. The Hall–Kier alpha value is -5.07. The summed E-state index contributed by atoms with van der Waals surface area (Å²) in [5.74, 6) is 0.379. The van der Waals surface area contributed by atoms with Crippen LogP contribution in [0.1, 0.15) is 51.4 Å². The molecule has 0 unspecified atom stereocenters. The molecule has 0 atom stereocenters. The predicted octanol–water partition coefficient (Wildman–Crippen LogP) is 11.2. The number of ether oxygens (including phenoxy) is 2. The fraction of sp³-hybridized carbons (Fsp3) is 0.375. The quantitative estimate of drug-likeness (QED) is 0.109. The second kappa shape index (κ2) is 22.2. The van der Waals surface area contributed by atoms with Gasteiger partial charge in [-0.3, -0.25) is 14.4 Å². The highest BCUT2D eigenvalue weighted by molar-refractivity contribution is 8.05. The van der Waals surface area contributed by atoms with Crippen molar-refractivity contribution in [2.45, 2.75) is 109 Å². The first-order chi connectivity index (χ1) is 35.1. The van der Waals surface area contributed by atoms with Crippen molar-refractivity contribution in [2.24, 2.45) is 0 Å². The Kier molecular flexibility index (Phi) is 15.1. The lowest BCUT2D eigenvalue weighted by Crippen LogP contribution is -2.36. The number of H-pyrrole nitrogens is 2. The van der Waals surface area contributed by atoms with E-state index >= 15 is 0 Å². The maximum Gasteiger partial charge on any atom is 0.250 e. The van der Waals surface area contributed by atoms with E-state index in [1.165, 1.54) is 70.5 Å². The van der Waals surface area contributed by atoms with Crippen molar-refractivity contribution >= 4 is 75.6 Å². The summed E-state index contributed by atoms with van der Waals surface area (Å²) in [6.07, 6.45) is 8.12. The number of fused-ring (bicyclic) bond motifs is 4. The zero-order valence-electron chi connectivity index (χ0n) is 40.8. The van der Waals surface area contributed by atoms with Gasteiger partial charge in [-0.25, -0.2) is 0 Å². The van der Waals surface area contributed by atoms with Crippen LogP contribution in [0.3, 0.4) is 0 Å². The summed E-state index contributed by atoms with van der Waals surface area (Å²) in [7, 11) is 4.39. The monoisotopic (exact) mass is 1040 g/mol. The highest BCUT2D eigenvalue weighted by Gasteiger charge is 2.27. The first-order valence-corrected chi connectivity index (χ1v) is 28.5. The minimum atomic E-state index is -0.0874. The summed E-state index contributed by atoms with van der Waals surface area (Å²) in [6, 6.07) is 35.2. The molecule has 0 amide bonds. The predicted molar refractivity (Wildman–Crippen MR) is 295 cm³/mol. The number of morpholine rings is 2. The number of carbonyl (C=O) groups excluding carboxylic acids is 1. The van der Waals surface area contributed by atoms with E-state index in [0.29, 0.717) is 63.2 Å². The van der Waals surface area contributed by atoms with Crippen LogP contribution < -0.4 is 31.6 Å². The lowest BCUT2D eigenvalue weighted by molar-refractivity contribution is -0.120. The molecule has 0 spiro atoms. The third-order valence-corrected chi connectivity index (χ3v) is 19.6. The third-order valence-electron chi connectivity index (χ3n) is 14.4. The van der Waals surface area contributed by atoms with E-state index in [2.05, 4.69) is 134 Å². The van der Waals surface area contributed by atoms with E-state index in [0.717, 1.165) is 78.6 Å². The molecule has 6 aromatic rings. The van der Waals surface area contributed by atoms with Gasteiger partial charge in [0.2, 0.25) is 11.1 Å². The van der Waals surface area contributed by atoms with Gasteiger partial charge in [0.25, 0.3) is 0 Å². The molecule has 4 aliphatic heterocycles. The molecule has 6 aliphatic rings. The molecule has 16 heteroatoms. The standard InChI is InChI=1S/C29H34N4O2S2.C27H27N3O3S2/c1-32(2)21-9-6-19(7-10-21)30-20-8-11-25-27(16-20)36-26-5-3-4-23(29(26)37-25)24-17-22(18-28(34)31-24)33-12-14-35-15-13-33;31-20-7-4-17(5-8-20)28-18-6-9-23-25(14-18)34-24-3-1-2-21(27(24)35-23)22-15-19(16-26(32)29-22)30-10-12-33-13-11-30/h3-5,8,11,16-19,21,30H,6-7,9-10,12-15H2,1-2H3,(H,31,34);1-3,6,9,14-17,28H,4-5,7-8,10-13H2,(H,29,32). The first-order valence-electron chi connectivity index (χ1n) is 25.3. The highest BCUT2D eigenvalue weighted by atomic mass is 32.2. The Morgan fingerprint density at radius 3 is 1.43 bits per heavy atom. The zero-order chi connectivity index (χ0) is 49.1. The lowest BCUT2D eigenvalue weighted by atomic mass is 9.90. The van der Waals surface area contributed by atoms with Gasteiger partial charge in [-0.05, 0) is 113 Å². The van der Waals surface area contributed by atoms with Crippen LogP contribution >= 0.6 is 47.0 Å². The largest absolute Gasteiger partial charge is 0.382 e. The van der Waals surface area contributed by atoms with Crippen LogP contribution in [0.15, 0.2) is 146 Å². The summed E-state index contributed by atoms with van der Waals surface area (Å²) in [6.45, 7) is 5.95. The number of ketones is 1. The molecule has 2 saturated carbocycles.